The second kappa shape index (κ2) is 13.2. The Kier molecular flexibility index (Phi) is 9.42. The zero-order chi connectivity index (χ0) is 31.8. The summed E-state index contributed by atoms with van der Waals surface area (Å²) in [7, 11) is 0. The lowest BCUT2D eigenvalue weighted by Gasteiger charge is -2.49. The van der Waals surface area contributed by atoms with Gasteiger partial charge >= 0.3 is 5.97 Å². The van der Waals surface area contributed by atoms with Crippen LogP contribution in [-0.4, -0.2) is 71.3 Å². The third kappa shape index (κ3) is 6.72. The Morgan fingerprint density at radius 2 is 1.89 bits per heavy atom. The van der Waals surface area contributed by atoms with E-state index >= 15 is 0 Å². The maximum absolute atomic E-state index is 14.2. The first-order valence-corrected chi connectivity index (χ1v) is 16.6. The van der Waals surface area contributed by atoms with Crippen LogP contribution in [0.1, 0.15) is 66.2 Å². The number of ether oxygens (including phenoxy) is 5. The van der Waals surface area contributed by atoms with E-state index in [9.17, 15) is 15.0 Å². The molecule has 8 heteroatoms. The minimum Gasteiger partial charge on any atom is -0.489 e. The number of hydrogen-bond donors (Lipinski definition) is 2. The van der Waals surface area contributed by atoms with Crippen molar-refractivity contribution in [2.75, 3.05) is 13.2 Å². The fourth-order valence-electron chi connectivity index (χ4n) is 7.58. The Morgan fingerprint density at radius 3 is 2.67 bits per heavy atom. The quantitative estimate of drug-likeness (QED) is 0.333. The zero-order valence-electron chi connectivity index (χ0n) is 26.9. The Balaban J connectivity index is 1.35. The van der Waals surface area contributed by atoms with Crippen molar-refractivity contribution in [2.45, 2.75) is 108 Å². The Hall–Kier alpha value is -2.75. The van der Waals surface area contributed by atoms with Gasteiger partial charge in [0.1, 0.15) is 42.2 Å². The summed E-state index contributed by atoms with van der Waals surface area (Å²) in [5.74, 6) is -1.17. The summed E-state index contributed by atoms with van der Waals surface area (Å²) in [5, 5.41) is 23.8. The van der Waals surface area contributed by atoms with Crippen LogP contribution in [-0.2, 0) is 23.7 Å². The van der Waals surface area contributed by atoms with Crippen LogP contribution < -0.4 is 4.74 Å². The molecule has 7 unspecified atom stereocenters. The number of fused-ring (bicyclic) bond motifs is 2. The lowest BCUT2D eigenvalue weighted by atomic mass is 9.70. The van der Waals surface area contributed by atoms with Crippen molar-refractivity contribution in [3.05, 3.63) is 77.4 Å². The van der Waals surface area contributed by atoms with E-state index in [4.69, 9.17) is 23.7 Å². The van der Waals surface area contributed by atoms with Crippen LogP contribution in [0.2, 0.25) is 0 Å². The first-order chi connectivity index (χ1) is 21.6. The second-order valence-electron chi connectivity index (χ2n) is 13.9. The van der Waals surface area contributed by atoms with Gasteiger partial charge < -0.3 is 33.9 Å². The van der Waals surface area contributed by atoms with Gasteiger partial charge in [0.25, 0.3) is 0 Å². The van der Waals surface area contributed by atoms with E-state index in [1.54, 1.807) is 6.08 Å². The first kappa shape index (κ1) is 32.2. The lowest BCUT2D eigenvalue weighted by molar-refractivity contribution is -0.332. The second-order valence-corrected chi connectivity index (χ2v) is 13.9. The topological polar surface area (TPSA) is 104 Å². The van der Waals surface area contributed by atoms with Crippen LogP contribution in [0.5, 0.6) is 5.75 Å². The number of benzene rings is 1. The monoisotopic (exact) mass is 620 g/mol. The van der Waals surface area contributed by atoms with E-state index in [0.717, 1.165) is 19.3 Å². The number of aliphatic hydroxyl groups excluding tert-OH is 1. The van der Waals surface area contributed by atoms with Gasteiger partial charge in [-0.2, -0.15) is 0 Å². The molecule has 8 nitrogen and oxygen atoms in total. The molecule has 0 amide bonds. The highest BCUT2D eigenvalue weighted by atomic mass is 16.7. The molecule has 1 spiro atoms. The van der Waals surface area contributed by atoms with Crippen molar-refractivity contribution in [3.63, 3.8) is 0 Å². The van der Waals surface area contributed by atoms with E-state index in [2.05, 4.69) is 39.8 Å². The van der Waals surface area contributed by atoms with Crippen molar-refractivity contribution >= 4 is 5.97 Å². The molecule has 2 N–H and O–H groups in total. The highest BCUT2D eigenvalue weighted by Gasteiger charge is 2.60. The van der Waals surface area contributed by atoms with Gasteiger partial charge in [-0.1, -0.05) is 68.0 Å². The molecule has 4 aliphatic heterocycles. The average Bonchev–Trinajstić information content (AvgIpc) is 3.34. The molecule has 2 bridgehead atoms. The summed E-state index contributed by atoms with van der Waals surface area (Å²) in [5.41, 5.74) is 0.496. The molecule has 3 saturated heterocycles. The van der Waals surface area contributed by atoms with Gasteiger partial charge in [0.2, 0.25) is 0 Å². The van der Waals surface area contributed by atoms with E-state index in [1.165, 1.54) is 5.57 Å². The molecule has 3 fully saturated rings. The molecule has 244 valence electrons. The third-order valence-electron chi connectivity index (χ3n) is 10.3. The molecule has 0 radical (unpaired) electrons. The first-order valence-electron chi connectivity index (χ1n) is 16.6. The van der Waals surface area contributed by atoms with Crippen LogP contribution in [0.15, 0.2) is 77.4 Å². The van der Waals surface area contributed by atoms with Crippen molar-refractivity contribution in [3.8, 4) is 5.75 Å². The SMILES string of the molecule is C/C1=C\CC2CC(CC3(CC[C@H](C)[C@@H](C)O3)O2)OC(=O)C2C=C(COc3ccccc3)[C@@H](O)C3OC/C(=C\C=C\C(C)C1)C23O. The van der Waals surface area contributed by atoms with Gasteiger partial charge in [-0.3, -0.25) is 4.79 Å². The maximum atomic E-state index is 14.2. The standard InChI is InChI=1S/C37H48O8/c1-23-9-8-10-28-22-42-34-33(38)27(21-41-29-11-6-5-7-12-29)18-32(37(28,34)40)35(39)43-31-19-30(14-13-24(2)17-23)45-36(20-31)16-15-25(3)26(4)44-36/h5-13,18,23,25-26,30-34,38,40H,14-17,19-22H2,1-4H3/b9-8+,24-13+,28-10+/t23?,25-,26+,30?,31?,32?,33+,34?,36?,37?/m0/s1. The number of rotatable bonds is 3. The van der Waals surface area contributed by atoms with Crippen molar-refractivity contribution in [1.29, 1.82) is 0 Å². The highest BCUT2D eigenvalue weighted by molar-refractivity contribution is 5.78. The van der Waals surface area contributed by atoms with Crippen LogP contribution in [0.3, 0.4) is 0 Å². The molecular weight excluding hydrogens is 572 g/mol. The Labute approximate surface area is 266 Å². The van der Waals surface area contributed by atoms with Gasteiger partial charge in [0, 0.05) is 19.3 Å². The van der Waals surface area contributed by atoms with Crippen LogP contribution >= 0.6 is 0 Å². The largest absolute Gasteiger partial charge is 0.489 e. The number of hydrogen-bond acceptors (Lipinski definition) is 8. The predicted molar refractivity (Wildman–Crippen MR) is 169 cm³/mol. The van der Waals surface area contributed by atoms with Gasteiger partial charge in [-0.05, 0) is 68.2 Å². The fraction of sp³-hybridized carbons (Fsp3) is 0.595. The third-order valence-corrected chi connectivity index (χ3v) is 10.3. The summed E-state index contributed by atoms with van der Waals surface area (Å²) < 4.78 is 31.5. The highest BCUT2D eigenvalue weighted by Crippen LogP contribution is 2.47. The predicted octanol–water partition coefficient (Wildman–Crippen LogP) is 5.59. The fourth-order valence-corrected chi connectivity index (χ4v) is 7.58. The smallest absolute Gasteiger partial charge is 0.316 e. The number of carbonyl (C=O) groups excluding carboxylic acids is 1. The summed E-state index contributed by atoms with van der Waals surface area (Å²) >= 11 is 0. The summed E-state index contributed by atoms with van der Waals surface area (Å²) in [6.45, 7) is 8.70. The van der Waals surface area contributed by atoms with Gasteiger partial charge in [0.15, 0.2) is 5.79 Å². The molecule has 10 atom stereocenters. The van der Waals surface area contributed by atoms with Crippen molar-refractivity contribution < 1.29 is 38.7 Å². The van der Waals surface area contributed by atoms with E-state index in [0.29, 0.717) is 42.1 Å². The van der Waals surface area contributed by atoms with Gasteiger partial charge in [-0.15, -0.1) is 0 Å². The number of aliphatic hydroxyl groups is 2. The van der Waals surface area contributed by atoms with Crippen molar-refractivity contribution in [2.24, 2.45) is 17.8 Å². The molecule has 6 rings (SSSR count). The van der Waals surface area contributed by atoms with E-state index < -0.39 is 41.6 Å². The minimum absolute atomic E-state index is 0.0244. The molecule has 4 heterocycles. The summed E-state index contributed by atoms with van der Waals surface area (Å²) in [6, 6.07) is 9.29. The summed E-state index contributed by atoms with van der Waals surface area (Å²) in [4.78, 5) is 14.2. The number of allylic oxidation sites excluding steroid dienone is 4. The van der Waals surface area contributed by atoms with Crippen LogP contribution in [0.4, 0.5) is 0 Å². The number of para-hydroxylation sites is 1. The normalized spacial score (nSPS) is 43.6. The molecular formula is C37H48O8. The van der Waals surface area contributed by atoms with E-state index in [1.807, 2.05) is 42.5 Å². The Bertz CT molecular complexity index is 1350. The number of carbonyl (C=O) groups is 1. The molecule has 1 aliphatic carbocycles. The van der Waals surface area contributed by atoms with Crippen LogP contribution in [0, 0.1) is 17.8 Å². The molecule has 0 saturated carbocycles. The number of esters is 1. The lowest BCUT2D eigenvalue weighted by Crippen LogP contribution is -2.58. The van der Waals surface area contributed by atoms with Gasteiger partial charge in [-0.25, -0.2) is 0 Å². The average molecular weight is 621 g/mol. The minimum atomic E-state index is -1.78. The Morgan fingerprint density at radius 1 is 1.09 bits per heavy atom. The van der Waals surface area contributed by atoms with E-state index in [-0.39, 0.29) is 31.3 Å². The molecule has 5 aliphatic rings. The van der Waals surface area contributed by atoms with Crippen LogP contribution in [0.25, 0.3) is 0 Å². The zero-order valence-corrected chi connectivity index (χ0v) is 26.9. The maximum Gasteiger partial charge on any atom is 0.316 e. The van der Waals surface area contributed by atoms with Gasteiger partial charge in [0.05, 0.1) is 18.8 Å². The summed E-state index contributed by atoms with van der Waals surface area (Å²) in [6.07, 6.45) is 11.1. The molecule has 1 aromatic rings. The molecule has 1 aromatic carbocycles. The molecule has 45 heavy (non-hydrogen) atoms. The molecule has 0 aromatic heterocycles. The van der Waals surface area contributed by atoms with Crippen molar-refractivity contribution in [1.82, 2.24) is 0 Å².